The van der Waals surface area contributed by atoms with Gasteiger partial charge in [0, 0.05) is 23.9 Å². The van der Waals surface area contributed by atoms with E-state index in [4.69, 9.17) is 14.7 Å². The molecule has 1 aromatic carbocycles. The van der Waals surface area contributed by atoms with Crippen molar-refractivity contribution in [3.63, 3.8) is 0 Å². The van der Waals surface area contributed by atoms with Gasteiger partial charge in [-0.3, -0.25) is 0 Å². The molecular weight excluding hydrogens is 426 g/mol. The molecule has 2 aliphatic rings. The SMILES string of the molecule is COC(=O)c1ccc2c(c1)[nH]c1nc(CC3CCCCC3)nc(NCCCN3CCCCC3)c12. The summed E-state index contributed by atoms with van der Waals surface area (Å²) in [6.07, 6.45) is 12.6. The van der Waals surface area contributed by atoms with Crippen LogP contribution in [0, 0.1) is 5.92 Å². The van der Waals surface area contributed by atoms with E-state index in [2.05, 4.69) is 15.2 Å². The van der Waals surface area contributed by atoms with Gasteiger partial charge in [0.05, 0.1) is 18.1 Å². The predicted molar refractivity (Wildman–Crippen MR) is 136 cm³/mol. The number of carbonyl (C=O) groups is 1. The summed E-state index contributed by atoms with van der Waals surface area (Å²) in [5.74, 6) is 2.17. The molecule has 0 amide bonds. The maximum absolute atomic E-state index is 12.0. The lowest BCUT2D eigenvalue weighted by Crippen LogP contribution is -2.31. The zero-order valence-corrected chi connectivity index (χ0v) is 20.4. The fourth-order valence-corrected chi connectivity index (χ4v) is 5.65. The standard InChI is InChI=1S/C27H37N5O2/c1-34-27(33)20-11-12-21-22(18-20)29-26-24(21)25(28-13-8-16-32-14-6-3-7-15-32)30-23(31-26)17-19-9-4-2-5-10-19/h11-12,18-19H,2-10,13-17H2,1H3,(H2,28,29,30,31). The smallest absolute Gasteiger partial charge is 0.337 e. The third kappa shape index (κ3) is 5.19. The van der Waals surface area contributed by atoms with E-state index >= 15 is 0 Å². The van der Waals surface area contributed by atoms with Crippen molar-refractivity contribution in [3.05, 3.63) is 29.6 Å². The topological polar surface area (TPSA) is 83.1 Å². The maximum atomic E-state index is 12.0. The molecule has 3 aromatic rings. The first-order valence-electron chi connectivity index (χ1n) is 13.1. The van der Waals surface area contributed by atoms with Gasteiger partial charge in [0.15, 0.2) is 0 Å². The Morgan fingerprint density at radius 2 is 1.91 bits per heavy atom. The lowest BCUT2D eigenvalue weighted by Gasteiger charge is -2.26. The number of likely N-dealkylation sites (tertiary alicyclic amines) is 1. The predicted octanol–water partition coefficient (Wildman–Crippen LogP) is 5.31. The minimum absolute atomic E-state index is 0.333. The molecule has 5 rings (SSSR count). The van der Waals surface area contributed by atoms with E-state index in [1.807, 2.05) is 18.2 Å². The van der Waals surface area contributed by atoms with Crippen molar-refractivity contribution >= 4 is 33.7 Å². The molecule has 2 N–H and O–H groups in total. The number of hydrogen-bond donors (Lipinski definition) is 2. The normalized spacial score (nSPS) is 17.9. The Kier molecular flexibility index (Phi) is 7.28. The monoisotopic (exact) mass is 463 g/mol. The lowest BCUT2D eigenvalue weighted by molar-refractivity contribution is 0.0601. The van der Waals surface area contributed by atoms with Crippen LogP contribution in [0.25, 0.3) is 21.9 Å². The Balaban J connectivity index is 1.41. The molecule has 1 saturated carbocycles. The van der Waals surface area contributed by atoms with E-state index in [9.17, 15) is 4.79 Å². The van der Waals surface area contributed by atoms with Gasteiger partial charge >= 0.3 is 5.97 Å². The van der Waals surface area contributed by atoms with Gasteiger partial charge in [-0.1, -0.05) is 44.6 Å². The van der Waals surface area contributed by atoms with Crippen molar-refractivity contribution in [2.45, 2.75) is 64.2 Å². The molecule has 7 heteroatoms. The summed E-state index contributed by atoms with van der Waals surface area (Å²) >= 11 is 0. The van der Waals surface area contributed by atoms with Gasteiger partial charge in [0.1, 0.15) is 17.3 Å². The second-order valence-corrected chi connectivity index (χ2v) is 9.98. The van der Waals surface area contributed by atoms with Gasteiger partial charge in [-0.05, 0) is 56.9 Å². The van der Waals surface area contributed by atoms with Gasteiger partial charge in [0.25, 0.3) is 0 Å². The number of anilines is 1. The number of nitrogens with one attached hydrogen (secondary N) is 2. The number of rotatable bonds is 8. The zero-order valence-electron chi connectivity index (χ0n) is 20.4. The summed E-state index contributed by atoms with van der Waals surface area (Å²) in [5, 5.41) is 5.69. The van der Waals surface area contributed by atoms with Crippen LogP contribution in [0.2, 0.25) is 0 Å². The molecule has 0 radical (unpaired) electrons. The molecule has 34 heavy (non-hydrogen) atoms. The van der Waals surface area contributed by atoms with Crippen LogP contribution in [0.5, 0.6) is 0 Å². The molecule has 0 atom stereocenters. The van der Waals surface area contributed by atoms with Crippen LogP contribution >= 0.6 is 0 Å². The van der Waals surface area contributed by atoms with Gasteiger partial charge in [-0.15, -0.1) is 0 Å². The average Bonchev–Trinajstić information content (AvgIpc) is 3.25. The summed E-state index contributed by atoms with van der Waals surface area (Å²) < 4.78 is 4.90. The summed E-state index contributed by atoms with van der Waals surface area (Å²) in [5.41, 5.74) is 2.27. The van der Waals surface area contributed by atoms with E-state index in [1.165, 1.54) is 71.6 Å². The highest BCUT2D eigenvalue weighted by Crippen LogP contribution is 2.32. The number of methoxy groups -OCH3 is 1. The fourth-order valence-electron chi connectivity index (χ4n) is 5.65. The average molecular weight is 464 g/mol. The number of aromatic amines is 1. The van der Waals surface area contributed by atoms with Crippen LogP contribution in [0.4, 0.5) is 5.82 Å². The molecule has 0 unspecified atom stereocenters. The van der Waals surface area contributed by atoms with Crippen LogP contribution in [-0.2, 0) is 11.2 Å². The molecule has 1 aliphatic carbocycles. The highest BCUT2D eigenvalue weighted by atomic mass is 16.5. The van der Waals surface area contributed by atoms with E-state index < -0.39 is 0 Å². The summed E-state index contributed by atoms with van der Waals surface area (Å²) in [6, 6.07) is 5.64. The Morgan fingerprint density at radius 1 is 1.12 bits per heavy atom. The number of piperidine rings is 1. The third-order valence-corrected chi connectivity index (χ3v) is 7.51. The zero-order chi connectivity index (χ0) is 23.3. The first-order valence-corrected chi connectivity index (χ1v) is 13.1. The number of esters is 1. The van der Waals surface area contributed by atoms with E-state index in [0.717, 1.165) is 59.5 Å². The van der Waals surface area contributed by atoms with Crippen molar-refractivity contribution in [3.8, 4) is 0 Å². The van der Waals surface area contributed by atoms with Crippen LogP contribution < -0.4 is 5.32 Å². The second kappa shape index (κ2) is 10.7. The molecule has 1 saturated heterocycles. The van der Waals surface area contributed by atoms with Crippen LogP contribution in [0.1, 0.15) is 74.0 Å². The van der Waals surface area contributed by atoms with Gasteiger partial charge in [0.2, 0.25) is 0 Å². The molecule has 1 aliphatic heterocycles. The van der Waals surface area contributed by atoms with Crippen molar-refractivity contribution in [2.24, 2.45) is 5.92 Å². The number of H-pyrrole nitrogens is 1. The molecule has 0 bridgehead atoms. The van der Waals surface area contributed by atoms with Crippen molar-refractivity contribution in [2.75, 3.05) is 38.6 Å². The Morgan fingerprint density at radius 3 is 2.71 bits per heavy atom. The molecule has 182 valence electrons. The molecule has 3 heterocycles. The van der Waals surface area contributed by atoms with Gasteiger partial charge in [-0.25, -0.2) is 14.8 Å². The van der Waals surface area contributed by atoms with Crippen molar-refractivity contribution < 1.29 is 9.53 Å². The van der Waals surface area contributed by atoms with Gasteiger partial charge < -0.3 is 19.9 Å². The van der Waals surface area contributed by atoms with Crippen LogP contribution in [0.3, 0.4) is 0 Å². The Bertz CT molecular complexity index is 1130. The number of fused-ring (bicyclic) bond motifs is 3. The third-order valence-electron chi connectivity index (χ3n) is 7.51. The quantitative estimate of drug-likeness (QED) is 0.348. The summed E-state index contributed by atoms with van der Waals surface area (Å²) in [4.78, 5) is 28.0. The Labute approximate surface area is 201 Å². The summed E-state index contributed by atoms with van der Waals surface area (Å²) in [7, 11) is 1.41. The lowest BCUT2D eigenvalue weighted by atomic mass is 9.87. The molecular formula is C27H37N5O2. The maximum Gasteiger partial charge on any atom is 0.337 e. The number of carbonyl (C=O) groups excluding carboxylic acids is 1. The highest BCUT2D eigenvalue weighted by Gasteiger charge is 2.19. The number of hydrogen-bond acceptors (Lipinski definition) is 6. The molecule has 7 nitrogen and oxygen atoms in total. The molecule has 2 fully saturated rings. The molecule has 0 spiro atoms. The van der Waals surface area contributed by atoms with Crippen molar-refractivity contribution in [1.29, 1.82) is 0 Å². The van der Waals surface area contributed by atoms with E-state index in [-0.39, 0.29) is 5.97 Å². The first-order chi connectivity index (χ1) is 16.7. The fraction of sp³-hybridized carbons (Fsp3) is 0.593. The van der Waals surface area contributed by atoms with Crippen LogP contribution in [-0.4, -0.2) is 59.1 Å². The number of nitrogens with zero attached hydrogens (tertiary/aromatic N) is 3. The first kappa shape index (κ1) is 23.1. The number of benzene rings is 1. The summed E-state index contributed by atoms with van der Waals surface area (Å²) in [6.45, 7) is 4.48. The molecule has 2 aromatic heterocycles. The number of aromatic nitrogens is 3. The largest absolute Gasteiger partial charge is 0.465 e. The van der Waals surface area contributed by atoms with Gasteiger partial charge in [-0.2, -0.15) is 0 Å². The minimum Gasteiger partial charge on any atom is -0.465 e. The van der Waals surface area contributed by atoms with E-state index in [1.54, 1.807) is 0 Å². The van der Waals surface area contributed by atoms with Crippen molar-refractivity contribution in [1.82, 2.24) is 19.9 Å². The Hall–Kier alpha value is -2.67. The van der Waals surface area contributed by atoms with E-state index in [0.29, 0.717) is 11.5 Å². The minimum atomic E-state index is -0.333. The second-order valence-electron chi connectivity index (χ2n) is 9.98. The number of ether oxygens (including phenoxy) is 1. The van der Waals surface area contributed by atoms with Crippen LogP contribution in [0.15, 0.2) is 18.2 Å². The highest BCUT2D eigenvalue weighted by molar-refractivity contribution is 6.12.